The molecular weight excluding hydrogens is 286 g/mol. The van der Waals surface area contributed by atoms with Crippen molar-refractivity contribution in [1.82, 2.24) is 5.06 Å². The lowest BCUT2D eigenvalue weighted by molar-refractivity contribution is -0.214. The molecule has 1 unspecified atom stereocenters. The molecule has 0 spiro atoms. The summed E-state index contributed by atoms with van der Waals surface area (Å²) in [7, 11) is 0. The fraction of sp³-hybridized carbons (Fsp3) is 0.750. The van der Waals surface area contributed by atoms with E-state index in [9.17, 15) is 9.59 Å². The van der Waals surface area contributed by atoms with Crippen LogP contribution in [-0.2, 0) is 23.9 Å². The summed E-state index contributed by atoms with van der Waals surface area (Å²) in [5.74, 6) is -0.683. The number of hydrogen-bond donors (Lipinski definition) is 0. The molecule has 1 aliphatic rings. The molecule has 6 nitrogen and oxygen atoms in total. The smallest absolute Gasteiger partial charge is 0.376 e. The van der Waals surface area contributed by atoms with Gasteiger partial charge in [0.05, 0.1) is 25.2 Å². The number of rotatable bonds is 5. The van der Waals surface area contributed by atoms with Gasteiger partial charge in [0, 0.05) is 11.1 Å². The first-order valence-corrected chi connectivity index (χ1v) is 7.60. The van der Waals surface area contributed by atoms with Gasteiger partial charge in [0.25, 0.3) is 0 Å². The Kier molecular flexibility index (Phi) is 5.62. The predicted molar refractivity (Wildman–Crippen MR) is 81.7 cm³/mol. The van der Waals surface area contributed by atoms with E-state index in [0.29, 0.717) is 12.2 Å². The van der Waals surface area contributed by atoms with Crippen molar-refractivity contribution in [2.24, 2.45) is 0 Å². The molecule has 0 aromatic heterocycles. The van der Waals surface area contributed by atoms with E-state index < -0.39 is 17.0 Å². The van der Waals surface area contributed by atoms with Crippen LogP contribution < -0.4 is 0 Å². The van der Waals surface area contributed by atoms with Crippen molar-refractivity contribution in [3.8, 4) is 0 Å². The standard InChI is InChI=1S/C16H27NO5/c1-8-20-12(18)10-16(7)11(3)13(14(19)21-9-2)22-17(16)15(4,5)6/h8-10H2,1-7H3. The first-order valence-electron chi connectivity index (χ1n) is 7.60. The zero-order valence-electron chi connectivity index (χ0n) is 14.6. The third-order valence-electron chi connectivity index (χ3n) is 3.64. The highest BCUT2D eigenvalue weighted by atomic mass is 16.7. The van der Waals surface area contributed by atoms with Crippen LogP contribution in [0.25, 0.3) is 0 Å². The van der Waals surface area contributed by atoms with E-state index in [1.165, 1.54) is 0 Å². The molecule has 126 valence electrons. The highest BCUT2D eigenvalue weighted by Gasteiger charge is 2.51. The van der Waals surface area contributed by atoms with E-state index in [1.54, 1.807) is 25.8 Å². The Morgan fingerprint density at radius 1 is 1.18 bits per heavy atom. The first kappa shape index (κ1) is 18.5. The molecule has 0 fully saturated rings. The van der Waals surface area contributed by atoms with Gasteiger partial charge >= 0.3 is 11.9 Å². The van der Waals surface area contributed by atoms with Gasteiger partial charge in [-0.05, 0) is 48.5 Å². The Morgan fingerprint density at radius 3 is 2.18 bits per heavy atom. The SMILES string of the molecule is CCOC(=O)CC1(C)C(C)=C(C(=O)OCC)ON1C(C)(C)C. The second-order valence-corrected chi connectivity index (χ2v) is 6.49. The number of carbonyl (C=O) groups is 2. The second-order valence-electron chi connectivity index (χ2n) is 6.49. The highest BCUT2D eigenvalue weighted by molar-refractivity contribution is 5.88. The van der Waals surface area contributed by atoms with Crippen LogP contribution in [0.4, 0.5) is 0 Å². The number of hydrogen-bond acceptors (Lipinski definition) is 6. The normalized spacial score (nSPS) is 22.5. The molecule has 0 aliphatic carbocycles. The van der Waals surface area contributed by atoms with Crippen molar-refractivity contribution < 1.29 is 23.9 Å². The summed E-state index contributed by atoms with van der Waals surface area (Å²) in [5.41, 5.74) is -0.488. The van der Waals surface area contributed by atoms with Gasteiger partial charge in [0.1, 0.15) is 0 Å². The van der Waals surface area contributed by atoms with Crippen LogP contribution in [0.1, 0.15) is 54.9 Å². The number of ether oxygens (including phenoxy) is 2. The van der Waals surface area contributed by atoms with Crippen LogP contribution in [-0.4, -0.2) is 41.3 Å². The van der Waals surface area contributed by atoms with Gasteiger partial charge in [0.15, 0.2) is 0 Å². The first-order chi connectivity index (χ1) is 10.1. The lowest BCUT2D eigenvalue weighted by Gasteiger charge is -2.41. The van der Waals surface area contributed by atoms with E-state index in [1.807, 2.05) is 27.7 Å². The molecule has 0 radical (unpaired) electrons. The largest absolute Gasteiger partial charge is 0.466 e. The van der Waals surface area contributed by atoms with Crippen LogP contribution in [0.2, 0.25) is 0 Å². The summed E-state index contributed by atoms with van der Waals surface area (Å²) in [6.45, 7) is 13.6. The molecule has 0 aromatic rings. The van der Waals surface area contributed by atoms with Crippen LogP contribution in [0.5, 0.6) is 0 Å². The molecule has 1 atom stereocenters. The maximum atomic E-state index is 12.1. The molecule has 22 heavy (non-hydrogen) atoms. The quantitative estimate of drug-likeness (QED) is 0.727. The lowest BCUT2D eigenvalue weighted by Crippen LogP contribution is -2.53. The zero-order valence-corrected chi connectivity index (χ0v) is 14.6. The summed E-state index contributed by atoms with van der Waals surface area (Å²) in [6, 6.07) is 0. The van der Waals surface area contributed by atoms with Crippen molar-refractivity contribution in [1.29, 1.82) is 0 Å². The van der Waals surface area contributed by atoms with Crippen LogP contribution in [0, 0.1) is 0 Å². The van der Waals surface area contributed by atoms with Crippen molar-refractivity contribution in [3.63, 3.8) is 0 Å². The Hall–Kier alpha value is -1.56. The summed E-state index contributed by atoms with van der Waals surface area (Å²) < 4.78 is 10.1. The van der Waals surface area contributed by atoms with E-state index in [0.717, 1.165) is 0 Å². The molecular formula is C16H27NO5. The molecule has 6 heteroatoms. The van der Waals surface area contributed by atoms with Gasteiger partial charge in [-0.2, -0.15) is 0 Å². The third kappa shape index (κ3) is 3.61. The van der Waals surface area contributed by atoms with Crippen LogP contribution in [0.15, 0.2) is 11.3 Å². The fourth-order valence-corrected chi connectivity index (χ4v) is 2.62. The van der Waals surface area contributed by atoms with Crippen molar-refractivity contribution in [2.45, 2.75) is 66.0 Å². The predicted octanol–water partition coefficient (Wildman–Crippen LogP) is 2.58. The number of nitrogens with zero attached hydrogens (tertiary/aromatic N) is 1. The van der Waals surface area contributed by atoms with Crippen molar-refractivity contribution in [3.05, 3.63) is 11.3 Å². The van der Waals surface area contributed by atoms with Gasteiger partial charge in [-0.25, -0.2) is 4.79 Å². The van der Waals surface area contributed by atoms with Gasteiger partial charge in [0.2, 0.25) is 5.76 Å². The molecule has 0 aromatic carbocycles. The summed E-state index contributed by atoms with van der Waals surface area (Å²) in [4.78, 5) is 29.8. The monoisotopic (exact) mass is 313 g/mol. The maximum absolute atomic E-state index is 12.1. The second kappa shape index (κ2) is 6.69. The van der Waals surface area contributed by atoms with Gasteiger partial charge in [-0.1, -0.05) is 0 Å². The van der Waals surface area contributed by atoms with E-state index in [4.69, 9.17) is 14.3 Å². The minimum absolute atomic E-state index is 0.104. The Morgan fingerprint density at radius 2 is 1.73 bits per heavy atom. The van der Waals surface area contributed by atoms with Gasteiger partial charge in [-0.3, -0.25) is 4.79 Å². The van der Waals surface area contributed by atoms with Crippen molar-refractivity contribution >= 4 is 11.9 Å². The van der Waals surface area contributed by atoms with E-state index >= 15 is 0 Å². The topological polar surface area (TPSA) is 65.1 Å². The minimum Gasteiger partial charge on any atom is -0.466 e. The number of esters is 2. The van der Waals surface area contributed by atoms with E-state index in [2.05, 4.69) is 0 Å². The van der Waals surface area contributed by atoms with Gasteiger partial charge < -0.3 is 14.3 Å². The minimum atomic E-state index is -0.757. The third-order valence-corrected chi connectivity index (χ3v) is 3.64. The van der Waals surface area contributed by atoms with Crippen LogP contribution >= 0.6 is 0 Å². The maximum Gasteiger partial charge on any atom is 0.376 e. The van der Waals surface area contributed by atoms with Crippen molar-refractivity contribution in [2.75, 3.05) is 13.2 Å². The van der Waals surface area contributed by atoms with Crippen LogP contribution in [0.3, 0.4) is 0 Å². The molecule has 0 bridgehead atoms. The van der Waals surface area contributed by atoms with E-state index in [-0.39, 0.29) is 24.8 Å². The molecule has 1 heterocycles. The summed E-state index contributed by atoms with van der Waals surface area (Å²) in [5, 5.41) is 1.68. The fourth-order valence-electron chi connectivity index (χ4n) is 2.62. The number of carbonyl (C=O) groups excluding carboxylic acids is 2. The zero-order chi connectivity index (χ0) is 17.1. The molecule has 0 saturated heterocycles. The average Bonchev–Trinajstić information content (AvgIpc) is 2.62. The highest BCUT2D eigenvalue weighted by Crippen LogP contribution is 2.43. The van der Waals surface area contributed by atoms with Gasteiger partial charge in [-0.15, -0.1) is 5.06 Å². The molecule has 1 aliphatic heterocycles. The summed E-state index contributed by atoms with van der Waals surface area (Å²) in [6.07, 6.45) is 0.104. The molecule has 0 saturated carbocycles. The molecule has 0 amide bonds. The number of hydroxylamine groups is 2. The Labute approximate surface area is 132 Å². The lowest BCUT2D eigenvalue weighted by atomic mass is 9.86. The average molecular weight is 313 g/mol. The Bertz CT molecular complexity index is 477. The summed E-state index contributed by atoms with van der Waals surface area (Å²) >= 11 is 0. The Balaban J connectivity index is 3.19. The molecule has 1 rings (SSSR count). The molecule has 0 N–H and O–H groups in total.